The Hall–Kier alpha value is -3.35. The van der Waals surface area contributed by atoms with Crippen LogP contribution in [0.2, 0.25) is 5.02 Å². The molecule has 0 aromatic heterocycles. The molecule has 1 N–H and O–H groups in total. The van der Waals surface area contributed by atoms with Crippen LogP contribution in [0.15, 0.2) is 84.9 Å². The molecule has 2 aliphatic rings. The van der Waals surface area contributed by atoms with Gasteiger partial charge in [-0.1, -0.05) is 79.2 Å². The van der Waals surface area contributed by atoms with Crippen LogP contribution in [0.5, 0.6) is 0 Å². The molecule has 43 heavy (non-hydrogen) atoms. The fraction of sp³-hybridized carbons (Fsp3) is 0.444. The smallest absolute Gasteiger partial charge is 0.317 e. The molecule has 1 saturated carbocycles. The van der Waals surface area contributed by atoms with Gasteiger partial charge in [-0.3, -0.25) is 4.79 Å². The van der Waals surface area contributed by atoms with Gasteiger partial charge in [0.1, 0.15) is 0 Å². The third-order valence-electron chi connectivity index (χ3n) is 9.36. The molecule has 2 fully saturated rings. The summed E-state index contributed by atoms with van der Waals surface area (Å²) in [5.41, 5.74) is 3.16. The lowest BCUT2D eigenvalue weighted by Gasteiger charge is -2.39. The maximum atomic E-state index is 13.4. The van der Waals surface area contributed by atoms with Gasteiger partial charge in [0.25, 0.3) is 5.91 Å². The average molecular weight is 601 g/mol. The number of carbonyl (C=O) groups excluding carboxylic acids is 2. The normalized spacial score (nSPS) is 21.0. The number of likely N-dealkylation sites (tertiary alicyclic amines) is 1. The van der Waals surface area contributed by atoms with E-state index >= 15 is 0 Å². The number of hydrogen-bond acceptors (Lipinski definition) is 3. The van der Waals surface area contributed by atoms with E-state index in [1.165, 1.54) is 5.56 Å². The maximum absolute atomic E-state index is 13.4. The third kappa shape index (κ3) is 7.98. The second-order valence-electron chi connectivity index (χ2n) is 12.2. The van der Waals surface area contributed by atoms with Crippen LogP contribution in [0, 0.1) is 5.92 Å². The Morgan fingerprint density at radius 3 is 2.19 bits per heavy atom. The van der Waals surface area contributed by atoms with Gasteiger partial charge in [-0.15, -0.1) is 0 Å². The number of rotatable bonds is 10. The minimum absolute atomic E-state index is 0.0420. The van der Waals surface area contributed by atoms with Crippen LogP contribution >= 0.6 is 11.6 Å². The molecule has 0 bridgehead atoms. The second kappa shape index (κ2) is 14.9. The van der Waals surface area contributed by atoms with Crippen LogP contribution in [0.1, 0.15) is 66.4 Å². The number of amides is 3. The van der Waals surface area contributed by atoms with E-state index in [-0.39, 0.29) is 24.0 Å². The summed E-state index contributed by atoms with van der Waals surface area (Å²) in [6, 6.07) is 28.6. The van der Waals surface area contributed by atoms with Crippen molar-refractivity contribution in [2.75, 3.05) is 33.2 Å². The SMILES string of the molecule is CCCN(C(=O)NCc1ccccc1)C1CCN(C[C@H]2CC(N(C)C(=O)c3ccc(Cl)cc3)C[C@@H]2c2ccccc2)CC1. The highest BCUT2D eigenvalue weighted by Crippen LogP contribution is 2.42. The molecule has 1 saturated heterocycles. The highest BCUT2D eigenvalue weighted by Gasteiger charge is 2.40. The van der Waals surface area contributed by atoms with E-state index in [4.69, 9.17) is 11.6 Å². The van der Waals surface area contributed by atoms with E-state index in [2.05, 4.69) is 52.4 Å². The van der Waals surface area contributed by atoms with Crippen molar-refractivity contribution in [2.24, 2.45) is 5.92 Å². The van der Waals surface area contributed by atoms with Gasteiger partial charge >= 0.3 is 6.03 Å². The van der Waals surface area contributed by atoms with Gasteiger partial charge in [0.05, 0.1) is 0 Å². The van der Waals surface area contributed by atoms with Crippen molar-refractivity contribution in [3.05, 3.63) is 107 Å². The number of benzene rings is 3. The molecule has 3 aromatic carbocycles. The summed E-state index contributed by atoms with van der Waals surface area (Å²) in [7, 11) is 1.95. The zero-order valence-corrected chi connectivity index (χ0v) is 26.3. The Morgan fingerprint density at radius 2 is 1.53 bits per heavy atom. The number of nitrogens with zero attached hydrogens (tertiary/aromatic N) is 3. The first-order chi connectivity index (χ1) is 20.9. The standard InChI is InChI=1S/C36H45ClN4O2/c1-3-20-41(36(43)38-25-27-10-6-4-7-11-27)32-18-21-40(22-19-32)26-30-23-33(24-34(30)28-12-8-5-9-13-28)39(2)35(42)29-14-16-31(37)17-15-29/h4-17,30,32-34H,3,18-26H2,1-2H3,(H,38,43)/t30-,33?,34-/m1/s1. The Labute approximate surface area is 262 Å². The van der Waals surface area contributed by atoms with Crippen LogP contribution < -0.4 is 5.32 Å². The van der Waals surface area contributed by atoms with E-state index in [0.717, 1.165) is 63.8 Å². The van der Waals surface area contributed by atoms with Crippen LogP contribution in [-0.4, -0.2) is 71.9 Å². The summed E-state index contributed by atoms with van der Waals surface area (Å²) in [5.74, 6) is 0.923. The number of carbonyl (C=O) groups is 2. The number of urea groups is 1. The minimum atomic E-state index is 0.0420. The van der Waals surface area contributed by atoms with E-state index in [9.17, 15) is 9.59 Å². The highest BCUT2D eigenvalue weighted by molar-refractivity contribution is 6.30. The van der Waals surface area contributed by atoms with E-state index < -0.39 is 0 Å². The Balaban J connectivity index is 1.20. The highest BCUT2D eigenvalue weighted by atomic mass is 35.5. The molecule has 1 unspecified atom stereocenters. The lowest BCUT2D eigenvalue weighted by Crippen LogP contribution is -2.51. The van der Waals surface area contributed by atoms with Crippen LogP contribution in [0.25, 0.3) is 0 Å². The summed E-state index contributed by atoms with van der Waals surface area (Å²) >= 11 is 6.06. The van der Waals surface area contributed by atoms with Crippen LogP contribution in [0.4, 0.5) is 4.79 Å². The van der Waals surface area contributed by atoms with Crippen molar-refractivity contribution in [3.8, 4) is 0 Å². The first-order valence-corrected chi connectivity index (χ1v) is 16.2. The van der Waals surface area contributed by atoms with Gasteiger partial charge < -0.3 is 20.0 Å². The Morgan fingerprint density at radius 1 is 0.884 bits per heavy atom. The van der Waals surface area contributed by atoms with E-state index in [0.29, 0.717) is 29.0 Å². The van der Waals surface area contributed by atoms with Gasteiger partial charge in [-0.05, 0) is 79.3 Å². The number of piperidine rings is 1. The molecule has 3 amide bonds. The molecule has 1 aliphatic carbocycles. The quantitative estimate of drug-likeness (QED) is 0.271. The van der Waals surface area contributed by atoms with Gasteiger partial charge in [0.15, 0.2) is 0 Å². The van der Waals surface area contributed by atoms with Crippen molar-refractivity contribution in [1.29, 1.82) is 0 Å². The minimum Gasteiger partial charge on any atom is -0.339 e. The predicted octanol–water partition coefficient (Wildman–Crippen LogP) is 7.06. The lowest BCUT2D eigenvalue weighted by atomic mass is 9.88. The number of nitrogens with one attached hydrogen (secondary N) is 1. The molecule has 7 heteroatoms. The molecule has 3 aromatic rings. The fourth-order valence-corrected chi connectivity index (χ4v) is 7.12. The second-order valence-corrected chi connectivity index (χ2v) is 12.6. The fourth-order valence-electron chi connectivity index (χ4n) is 7.00. The monoisotopic (exact) mass is 600 g/mol. The lowest BCUT2D eigenvalue weighted by molar-refractivity contribution is 0.0726. The molecule has 1 heterocycles. The van der Waals surface area contributed by atoms with Crippen molar-refractivity contribution in [3.63, 3.8) is 0 Å². The van der Waals surface area contributed by atoms with E-state index in [1.807, 2.05) is 54.4 Å². The third-order valence-corrected chi connectivity index (χ3v) is 9.61. The summed E-state index contributed by atoms with van der Waals surface area (Å²) < 4.78 is 0. The summed E-state index contributed by atoms with van der Waals surface area (Å²) in [6.07, 6.45) is 4.87. The Bertz CT molecular complexity index is 1310. The molecular formula is C36H45ClN4O2. The van der Waals surface area contributed by atoms with Crippen LogP contribution in [-0.2, 0) is 6.54 Å². The summed E-state index contributed by atoms with van der Waals surface area (Å²) in [4.78, 5) is 33.2. The predicted molar refractivity (Wildman–Crippen MR) is 174 cm³/mol. The molecule has 5 rings (SSSR count). The molecule has 0 radical (unpaired) electrons. The van der Waals surface area contributed by atoms with Crippen LogP contribution in [0.3, 0.4) is 0 Å². The zero-order valence-electron chi connectivity index (χ0n) is 25.5. The van der Waals surface area contributed by atoms with Crippen molar-refractivity contribution in [2.45, 2.75) is 63.6 Å². The van der Waals surface area contributed by atoms with Gasteiger partial charge in [-0.2, -0.15) is 0 Å². The maximum Gasteiger partial charge on any atom is 0.317 e. The number of hydrogen-bond donors (Lipinski definition) is 1. The summed E-state index contributed by atoms with van der Waals surface area (Å²) in [6.45, 7) is 6.45. The molecule has 0 spiro atoms. The average Bonchev–Trinajstić information content (AvgIpc) is 3.47. The first-order valence-electron chi connectivity index (χ1n) is 15.8. The van der Waals surface area contributed by atoms with Crippen molar-refractivity contribution >= 4 is 23.5 Å². The van der Waals surface area contributed by atoms with Gasteiger partial charge in [-0.25, -0.2) is 4.79 Å². The first kappa shape index (κ1) is 31.1. The topological polar surface area (TPSA) is 55.9 Å². The summed E-state index contributed by atoms with van der Waals surface area (Å²) in [5, 5.41) is 3.79. The van der Waals surface area contributed by atoms with Crippen molar-refractivity contribution in [1.82, 2.24) is 20.0 Å². The molecule has 1 aliphatic heterocycles. The van der Waals surface area contributed by atoms with Gasteiger partial charge in [0, 0.05) is 62.4 Å². The number of halogens is 1. The molecule has 6 nitrogen and oxygen atoms in total. The van der Waals surface area contributed by atoms with Gasteiger partial charge in [0.2, 0.25) is 0 Å². The largest absolute Gasteiger partial charge is 0.339 e. The molecule has 3 atom stereocenters. The Kier molecular flexibility index (Phi) is 10.8. The molecular weight excluding hydrogens is 556 g/mol. The van der Waals surface area contributed by atoms with E-state index in [1.54, 1.807) is 12.1 Å². The van der Waals surface area contributed by atoms with Crippen molar-refractivity contribution < 1.29 is 9.59 Å². The molecule has 228 valence electrons. The zero-order chi connectivity index (χ0) is 30.2.